The normalized spacial score (nSPS) is 17.8. The van der Waals surface area contributed by atoms with Crippen LogP contribution in [0, 0.1) is 16.7 Å². The molecule has 1 aliphatic carbocycles. The van der Waals surface area contributed by atoms with Gasteiger partial charge in [0.1, 0.15) is 0 Å². The Labute approximate surface area is 74.4 Å². The molecule has 0 aliphatic heterocycles. The van der Waals surface area contributed by atoms with Crippen molar-refractivity contribution >= 4 is 0 Å². The predicted molar refractivity (Wildman–Crippen MR) is 50.5 cm³/mol. The van der Waals surface area contributed by atoms with Gasteiger partial charge in [0.25, 0.3) is 0 Å². The zero-order chi connectivity index (χ0) is 9.19. The SMILES string of the molecule is CC1=CCCC(C(C)(C)C#N)=C1. The summed E-state index contributed by atoms with van der Waals surface area (Å²) in [6.07, 6.45) is 6.49. The van der Waals surface area contributed by atoms with E-state index in [1.807, 2.05) is 13.8 Å². The average Bonchev–Trinajstić information content (AvgIpc) is 2.05. The minimum absolute atomic E-state index is 0.282. The summed E-state index contributed by atoms with van der Waals surface area (Å²) < 4.78 is 0. The average molecular weight is 161 g/mol. The first kappa shape index (κ1) is 9.06. The zero-order valence-electron chi connectivity index (χ0n) is 8.02. The minimum Gasteiger partial charge on any atom is -0.197 e. The molecule has 0 N–H and O–H groups in total. The van der Waals surface area contributed by atoms with Crippen LogP contribution in [0.5, 0.6) is 0 Å². The second-order valence-electron chi connectivity index (χ2n) is 3.89. The molecule has 0 aromatic rings. The smallest absolute Gasteiger partial charge is 0.0729 e. The van der Waals surface area contributed by atoms with Gasteiger partial charge in [-0.25, -0.2) is 0 Å². The quantitative estimate of drug-likeness (QED) is 0.579. The third-order valence-corrected chi connectivity index (χ3v) is 2.36. The Morgan fingerprint density at radius 2 is 2.17 bits per heavy atom. The van der Waals surface area contributed by atoms with Crippen molar-refractivity contribution in [2.75, 3.05) is 0 Å². The van der Waals surface area contributed by atoms with E-state index in [4.69, 9.17) is 5.26 Å². The highest BCUT2D eigenvalue weighted by molar-refractivity contribution is 5.32. The maximum Gasteiger partial charge on any atom is 0.0729 e. The van der Waals surface area contributed by atoms with Crippen LogP contribution in [-0.4, -0.2) is 0 Å². The third kappa shape index (κ3) is 1.76. The van der Waals surface area contributed by atoms with Crippen LogP contribution in [0.3, 0.4) is 0 Å². The Morgan fingerprint density at radius 3 is 2.67 bits per heavy atom. The molecule has 0 amide bonds. The lowest BCUT2D eigenvalue weighted by atomic mass is 9.80. The number of hydrogen-bond acceptors (Lipinski definition) is 1. The molecule has 1 nitrogen and oxygen atoms in total. The van der Waals surface area contributed by atoms with Crippen LogP contribution >= 0.6 is 0 Å². The largest absolute Gasteiger partial charge is 0.197 e. The van der Waals surface area contributed by atoms with Gasteiger partial charge in [0.2, 0.25) is 0 Å². The summed E-state index contributed by atoms with van der Waals surface area (Å²) in [5, 5.41) is 8.92. The topological polar surface area (TPSA) is 23.8 Å². The molecule has 0 unspecified atom stereocenters. The second-order valence-corrected chi connectivity index (χ2v) is 3.89. The molecule has 64 valence electrons. The van der Waals surface area contributed by atoms with E-state index in [2.05, 4.69) is 25.1 Å². The van der Waals surface area contributed by atoms with Gasteiger partial charge in [-0.05, 0) is 33.6 Å². The van der Waals surface area contributed by atoms with Crippen molar-refractivity contribution in [3.63, 3.8) is 0 Å². The van der Waals surface area contributed by atoms with Gasteiger partial charge in [0.15, 0.2) is 0 Å². The Hall–Kier alpha value is -1.03. The van der Waals surface area contributed by atoms with Crippen LogP contribution in [0.15, 0.2) is 23.3 Å². The lowest BCUT2D eigenvalue weighted by molar-refractivity contribution is 0.563. The molecule has 0 saturated carbocycles. The highest BCUT2D eigenvalue weighted by atomic mass is 14.3. The molecule has 1 rings (SSSR count). The van der Waals surface area contributed by atoms with E-state index in [-0.39, 0.29) is 5.41 Å². The van der Waals surface area contributed by atoms with Crippen LogP contribution in [0.2, 0.25) is 0 Å². The lowest BCUT2D eigenvalue weighted by Crippen LogP contribution is -2.13. The van der Waals surface area contributed by atoms with Crippen LogP contribution < -0.4 is 0 Å². The number of nitrogens with zero attached hydrogens (tertiary/aromatic N) is 1. The standard InChI is InChI=1S/C11H15N/c1-9-5-4-6-10(7-9)11(2,3)8-12/h5,7H,4,6H2,1-3H3. The van der Waals surface area contributed by atoms with Gasteiger partial charge in [0.05, 0.1) is 11.5 Å². The highest BCUT2D eigenvalue weighted by Gasteiger charge is 2.23. The molecule has 1 aliphatic rings. The van der Waals surface area contributed by atoms with Gasteiger partial charge in [-0.2, -0.15) is 5.26 Å². The maximum atomic E-state index is 8.92. The van der Waals surface area contributed by atoms with Crippen LogP contribution in [0.4, 0.5) is 0 Å². The summed E-state index contributed by atoms with van der Waals surface area (Å²) in [6.45, 7) is 6.06. The Balaban J connectivity index is 2.91. The fraction of sp³-hybridized carbons (Fsp3) is 0.545. The molecule has 0 fully saturated rings. The molecule has 0 heterocycles. The molecule has 0 atom stereocenters. The Morgan fingerprint density at radius 1 is 1.50 bits per heavy atom. The van der Waals surface area contributed by atoms with E-state index in [1.165, 1.54) is 11.1 Å². The summed E-state index contributed by atoms with van der Waals surface area (Å²) in [7, 11) is 0. The van der Waals surface area contributed by atoms with Gasteiger partial charge >= 0.3 is 0 Å². The first-order valence-electron chi connectivity index (χ1n) is 4.35. The number of hydrogen-bond donors (Lipinski definition) is 0. The van der Waals surface area contributed by atoms with E-state index in [1.54, 1.807) is 0 Å². The lowest BCUT2D eigenvalue weighted by Gasteiger charge is -2.22. The van der Waals surface area contributed by atoms with Crippen LogP contribution in [-0.2, 0) is 0 Å². The molecular weight excluding hydrogens is 146 g/mol. The van der Waals surface area contributed by atoms with E-state index in [0.717, 1.165) is 12.8 Å². The van der Waals surface area contributed by atoms with Crippen molar-refractivity contribution in [2.45, 2.75) is 33.6 Å². The van der Waals surface area contributed by atoms with Crippen LogP contribution in [0.1, 0.15) is 33.6 Å². The van der Waals surface area contributed by atoms with Crippen molar-refractivity contribution in [2.24, 2.45) is 5.41 Å². The van der Waals surface area contributed by atoms with E-state index >= 15 is 0 Å². The van der Waals surface area contributed by atoms with Crippen molar-refractivity contribution in [1.82, 2.24) is 0 Å². The molecule has 0 aromatic heterocycles. The zero-order valence-corrected chi connectivity index (χ0v) is 8.02. The summed E-state index contributed by atoms with van der Waals surface area (Å²) in [5.41, 5.74) is 2.28. The fourth-order valence-corrected chi connectivity index (χ4v) is 1.43. The van der Waals surface area contributed by atoms with E-state index < -0.39 is 0 Å². The third-order valence-electron chi connectivity index (χ3n) is 2.36. The summed E-state index contributed by atoms with van der Waals surface area (Å²) in [4.78, 5) is 0. The molecule has 0 aromatic carbocycles. The molecule has 0 spiro atoms. The monoisotopic (exact) mass is 161 g/mol. The van der Waals surface area contributed by atoms with Crippen LogP contribution in [0.25, 0.3) is 0 Å². The van der Waals surface area contributed by atoms with Gasteiger partial charge in [0, 0.05) is 0 Å². The Bertz CT molecular complexity index is 274. The van der Waals surface area contributed by atoms with Gasteiger partial charge in [-0.15, -0.1) is 0 Å². The van der Waals surface area contributed by atoms with Crippen molar-refractivity contribution in [3.05, 3.63) is 23.3 Å². The fourth-order valence-electron chi connectivity index (χ4n) is 1.43. The number of rotatable bonds is 1. The molecular formula is C11H15N. The summed E-state index contributed by atoms with van der Waals surface area (Å²) in [5.74, 6) is 0. The molecule has 0 saturated heterocycles. The molecule has 0 bridgehead atoms. The highest BCUT2D eigenvalue weighted by Crippen LogP contribution is 2.32. The maximum absolute atomic E-state index is 8.92. The molecule has 12 heavy (non-hydrogen) atoms. The van der Waals surface area contributed by atoms with Crippen molar-refractivity contribution < 1.29 is 0 Å². The van der Waals surface area contributed by atoms with E-state index in [0.29, 0.717) is 0 Å². The second kappa shape index (κ2) is 3.15. The van der Waals surface area contributed by atoms with Gasteiger partial charge in [-0.1, -0.05) is 23.3 Å². The summed E-state index contributed by atoms with van der Waals surface area (Å²) in [6, 6.07) is 2.34. The van der Waals surface area contributed by atoms with E-state index in [9.17, 15) is 0 Å². The summed E-state index contributed by atoms with van der Waals surface area (Å²) >= 11 is 0. The first-order chi connectivity index (χ1) is 5.56. The molecule has 1 heteroatoms. The van der Waals surface area contributed by atoms with Gasteiger partial charge < -0.3 is 0 Å². The molecule has 0 radical (unpaired) electrons. The Kier molecular flexibility index (Phi) is 2.38. The first-order valence-corrected chi connectivity index (χ1v) is 4.35. The van der Waals surface area contributed by atoms with Crippen molar-refractivity contribution in [3.8, 4) is 6.07 Å². The number of allylic oxidation sites excluding steroid dienone is 4. The van der Waals surface area contributed by atoms with Gasteiger partial charge in [-0.3, -0.25) is 0 Å². The van der Waals surface area contributed by atoms with Crippen molar-refractivity contribution in [1.29, 1.82) is 5.26 Å². The predicted octanol–water partition coefficient (Wildman–Crippen LogP) is 3.20. The minimum atomic E-state index is -0.282. The number of nitriles is 1.